The van der Waals surface area contributed by atoms with Crippen LogP contribution in [0.1, 0.15) is 27.5 Å². The van der Waals surface area contributed by atoms with Crippen molar-refractivity contribution in [2.24, 2.45) is 0 Å². The van der Waals surface area contributed by atoms with Gasteiger partial charge in [0, 0.05) is 17.3 Å². The first-order valence-electron chi connectivity index (χ1n) is 6.99. The lowest BCUT2D eigenvalue weighted by atomic mass is 9.86. The summed E-state index contributed by atoms with van der Waals surface area (Å²) in [6.07, 6.45) is 1.31. The van der Waals surface area contributed by atoms with Crippen LogP contribution >= 0.6 is 11.3 Å². The Balaban J connectivity index is 1.95. The number of rotatable bonds is 3. The largest absolute Gasteiger partial charge is 0.285 e. The van der Waals surface area contributed by atoms with E-state index >= 15 is 0 Å². The number of aryl methyl sites for hydroxylation is 1. The normalized spacial score (nSPS) is 18.0. The summed E-state index contributed by atoms with van der Waals surface area (Å²) in [4.78, 5) is 12.9. The average Bonchev–Trinajstić information content (AvgIpc) is 2.95. The molecule has 0 saturated carbocycles. The molecule has 0 radical (unpaired) electrons. The lowest BCUT2D eigenvalue weighted by Gasteiger charge is -2.33. The van der Waals surface area contributed by atoms with Gasteiger partial charge in [0.25, 0.3) is 5.91 Å². The number of carbonyl (C=O) groups excluding carboxylic acids is 1. The highest BCUT2D eigenvalue weighted by Crippen LogP contribution is 2.36. The Hall–Kier alpha value is -1.91. The van der Waals surface area contributed by atoms with Crippen LogP contribution in [0.5, 0.6) is 0 Å². The molecule has 1 atom stereocenters. The van der Waals surface area contributed by atoms with Gasteiger partial charge in [-0.1, -0.05) is 30.8 Å². The summed E-state index contributed by atoms with van der Waals surface area (Å²) in [7, 11) is 0. The van der Waals surface area contributed by atoms with Crippen LogP contribution in [-0.2, 0) is 11.3 Å². The Kier molecular flexibility index (Phi) is 3.90. The predicted molar refractivity (Wildman–Crippen MR) is 86.1 cm³/mol. The minimum atomic E-state index is -0.154. The van der Waals surface area contributed by atoms with Crippen LogP contribution in [-0.4, -0.2) is 17.5 Å². The maximum Gasteiger partial charge on any atom is 0.257 e. The molecular formula is C17H18N2OS. The molecule has 4 heteroatoms. The van der Waals surface area contributed by atoms with Crippen LogP contribution in [0.15, 0.2) is 48.4 Å². The van der Waals surface area contributed by atoms with Gasteiger partial charge in [-0.2, -0.15) is 0 Å². The summed E-state index contributed by atoms with van der Waals surface area (Å²) in [5, 5.41) is 4.12. The van der Waals surface area contributed by atoms with Crippen molar-refractivity contribution in [1.82, 2.24) is 10.4 Å². The number of nitrogens with zero attached hydrogens (tertiary/aromatic N) is 1. The number of hydrogen-bond donors (Lipinski definition) is 1. The van der Waals surface area contributed by atoms with Crippen LogP contribution in [0.2, 0.25) is 0 Å². The molecular weight excluding hydrogens is 280 g/mol. The van der Waals surface area contributed by atoms with Crippen LogP contribution in [0.4, 0.5) is 0 Å². The van der Waals surface area contributed by atoms with Gasteiger partial charge < -0.3 is 0 Å². The van der Waals surface area contributed by atoms with E-state index in [1.165, 1.54) is 27.6 Å². The number of thiophene rings is 1. The monoisotopic (exact) mass is 298 g/mol. The van der Waals surface area contributed by atoms with Gasteiger partial charge in [-0.15, -0.1) is 11.3 Å². The molecule has 108 valence electrons. The summed E-state index contributed by atoms with van der Waals surface area (Å²) in [5.74, 6) is 0.143. The van der Waals surface area contributed by atoms with Crippen molar-refractivity contribution in [2.45, 2.75) is 19.4 Å². The van der Waals surface area contributed by atoms with Crippen molar-refractivity contribution in [3.05, 3.63) is 69.9 Å². The lowest BCUT2D eigenvalue weighted by Crippen LogP contribution is -2.45. The number of nitrogens with one attached hydrogen (secondary N) is 1. The molecule has 0 fully saturated rings. The number of carbonyl (C=O) groups is 1. The summed E-state index contributed by atoms with van der Waals surface area (Å²) in [6, 6.07) is 10.7. The highest BCUT2D eigenvalue weighted by atomic mass is 32.1. The quantitative estimate of drug-likeness (QED) is 0.882. The molecule has 0 bridgehead atoms. The number of hydrazine groups is 1. The van der Waals surface area contributed by atoms with Crippen molar-refractivity contribution in [3.63, 3.8) is 0 Å². The molecule has 3 nitrogen and oxygen atoms in total. The van der Waals surface area contributed by atoms with Gasteiger partial charge >= 0.3 is 0 Å². The molecule has 1 aromatic heterocycles. The zero-order valence-corrected chi connectivity index (χ0v) is 12.8. The van der Waals surface area contributed by atoms with Crippen molar-refractivity contribution in [1.29, 1.82) is 0 Å². The van der Waals surface area contributed by atoms with Crippen molar-refractivity contribution >= 4 is 17.2 Å². The van der Waals surface area contributed by atoms with E-state index < -0.39 is 0 Å². The molecule has 1 aliphatic rings. The van der Waals surface area contributed by atoms with Gasteiger partial charge in [0.1, 0.15) is 0 Å². The second kappa shape index (κ2) is 5.84. The zero-order chi connectivity index (χ0) is 14.8. The second-order valence-electron chi connectivity index (χ2n) is 5.27. The Labute approximate surface area is 128 Å². The first-order chi connectivity index (χ1) is 10.2. The first-order valence-corrected chi connectivity index (χ1v) is 7.87. The van der Waals surface area contributed by atoms with E-state index in [9.17, 15) is 4.79 Å². The maximum atomic E-state index is 11.6. The van der Waals surface area contributed by atoms with E-state index in [1.807, 2.05) is 5.01 Å². The van der Waals surface area contributed by atoms with Gasteiger partial charge in [0.15, 0.2) is 0 Å². The fraction of sp³-hybridized carbons (Fsp3) is 0.235. The summed E-state index contributed by atoms with van der Waals surface area (Å²) >= 11 is 1.75. The molecule has 1 amide bonds. The van der Waals surface area contributed by atoms with Gasteiger partial charge in [-0.3, -0.25) is 10.2 Å². The molecule has 1 aromatic carbocycles. The second-order valence-corrected chi connectivity index (χ2v) is 6.27. The van der Waals surface area contributed by atoms with Gasteiger partial charge in [-0.25, -0.2) is 5.01 Å². The number of amides is 1. The summed E-state index contributed by atoms with van der Waals surface area (Å²) in [6.45, 7) is 7.20. The SMILES string of the molecule is C=CC(=O)NN1Cc2sccc2C(c2ccccc2C)C1. The first kappa shape index (κ1) is 14.0. The molecule has 1 N–H and O–H groups in total. The van der Waals surface area contributed by atoms with Crippen molar-refractivity contribution < 1.29 is 4.79 Å². The third-order valence-corrected chi connectivity index (χ3v) is 4.83. The molecule has 3 rings (SSSR count). The molecule has 1 unspecified atom stereocenters. The van der Waals surface area contributed by atoms with Crippen molar-refractivity contribution in [2.75, 3.05) is 6.54 Å². The van der Waals surface area contributed by atoms with Gasteiger partial charge in [0.2, 0.25) is 0 Å². The molecule has 0 spiro atoms. The standard InChI is InChI=1S/C17H18N2OS/c1-3-17(20)18-19-10-15(13-7-5-4-6-12(13)2)14-8-9-21-16(14)11-19/h3-9,15H,1,10-11H2,2H3,(H,18,20). The van der Waals surface area contributed by atoms with Crippen LogP contribution in [0.3, 0.4) is 0 Å². The van der Waals surface area contributed by atoms with E-state index in [0.29, 0.717) is 5.92 Å². The Morgan fingerprint density at radius 1 is 1.38 bits per heavy atom. The van der Waals surface area contributed by atoms with Crippen LogP contribution in [0.25, 0.3) is 0 Å². The van der Waals surface area contributed by atoms with Crippen molar-refractivity contribution in [3.8, 4) is 0 Å². The topological polar surface area (TPSA) is 32.3 Å². The molecule has 1 aliphatic heterocycles. The molecule has 21 heavy (non-hydrogen) atoms. The Morgan fingerprint density at radius 2 is 2.19 bits per heavy atom. The molecule has 2 heterocycles. The third-order valence-electron chi connectivity index (χ3n) is 3.91. The van der Waals surface area contributed by atoms with E-state index in [2.05, 4.69) is 54.6 Å². The predicted octanol–water partition coefficient (Wildman–Crippen LogP) is 3.22. The minimum Gasteiger partial charge on any atom is -0.285 e. The molecule has 0 aliphatic carbocycles. The van der Waals surface area contributed by atoms with E-state index in [-0.39, 0.29) is 5.91 Å². The Bertz CT molecular complexity index is 677. The highest BCUT2D eigenvalue weighted by Gasteiger charge is 2.28. The maximum absolute atomic E-state index is 11.6. The van der Waals surface area contributed by atoms with E-state index in [4.69, 9.17) is 0 Å². The third kappa shape index (κ3) is 2.77. The smallest absolute Gasteiger partial charge is 0.257 e. The fourth-order valence-electron chi connectivity index (χ4n) is 2.88. The summed E-state index contributed by atoms with van der Waals surface area (Å²) < 4.78 is 0. The zero-order valence-electron chi connectivity index (χ0n) is 12.0. The number of benzene rings is 1. The fourth-order valence-corrected chi connectivity index (χ4v) is 3.83. The molecule has 2 aromatic rings. The summed E-state index contributed by atoms with van der Waals surface area (Å²) in [5.41, 5.74) is 6.91. The van der Waals surface area contributed by atoms with E-state index in [1.54, 1.807) is 11.3 Å². The lowest BCUT2D eigenvalue weighted by molar-refractivity contribution is -0.121. The average molecular weight is 298 g/mol. The number of hydrogen-bond acceptors (Lipinski definition) is 3. The highest BCUT2D eigenvalue weighted by molar-refractivity contribution is 7.10. The van der Waals surface area contributed by atoms with Crippen LogP contribution in [0, 0.1) is 6.92 Å². The van der Waals surface area contributed by atoms with Gasteiger partial charge in [0.05, 0.1) is 6.54 Å². The van der Waals surface area contributed by atoms with Gasteiger partial charge in [-0.05, 0) is 41.1 Å². The Morgan fingerprint density at radius 3 is 2.95 bits per heavy atom. The number of fused-ring (bicyclic) bond motifs is 1. The van der Waals surface area contributed by atoms with E-state index in [0.717, 1.165) is 13.1 Å². The van der Waals surface area contributed by atoms with Crippen LogP contribution < -0.4 is 5.43 Å². The molecule has 0 saturated heterocycles. The minimum absolute atomic E-state index is 0.154.